The zero-order valence-electron chi connectivity index (χ0n) is 11.4. The molecule has 2 heterocycles. The molecule has 2 aromatic heterocycles. The van der Waals surface area contributed by atoms with Crippen molar-refractivity contribution in [2.24, 2.45) is 0 Å². The number of nitrogens with two attached hydrogens (primary N) is 1. The molecule has 0 saturated heterocycles. The second kappa shape index (κ2) is 6.17. The van der Waals surface area contributed by atoms with Crippen LogP contribution in [0.1, 0.15) is 15.4 Å². The van der Waals surface area contributed by atoms with Gasteiger partial charge < -0.3 is 11.1 Å². The molecule has 0 bridgehead atoms. The summed E-state index contributed by atoms with van der Waals surface area (Å²) in [5.41, 5.74) is 6.71. The molecule has 112 valence electrons. The van der Waals surface area contributed by atoms with E-state index in [1.54, 1.807) is 35.6 Å². The Kier molecular flexibility index (Phi) is 4.08. The molecule has 0 aliphatic carbocycles. The lowest BCUT2D eigenvalue weighted by atomic mass is 10.3. The maximum atomic E-state index is 12.1. The van der Waals surface area contributed by atoms with Crippen molar-refractivity contribution in [3.05, 3.63) is 57.4 Å². The van der Waals surface area contributed by atoms with Gasteiger partial charge in [-0.15, -0.1) is 16.4 Å². The SMILES string of the molecule is Nc1c(C(=O)NCc2cccs2)nnn1-c1cccc(Cl)c1. The van der Waals surface area contributed by atoms with Crippen LogP contribution in [0, 0.1) is 0 Å². The molecule has 0 saturated carbocycles. The standard InChI is InChI=1S/C14H12ClN5OS/c15-9-3-1-4-10(7-9)20-13(16)12(18-19-20)14(21)17-8-11-5-2-6-22-11/h1-7H,8,16H2,(H,17,21). The van der Waals surface area contributed by atoms with Crippen LogP contribution in [-0.2, 0) is 6.54 Å². The molecule has 3 aromatic rings. The van der Waals surface area contributed by atoms with Gasteiger partial charge >= 0.3 is 0 Å². The average Bonchev–Trinajstić information content (AvgIpc) is 3.14. The number of anilines is 1. The van der Waals surface area contributed by atoms with E-state index >= 15 is 0 Å². The molecule has 0 fully saturated rings. The second-order valence-electron chi connectivity index (χ2n) is 4.48. The normalized spacial score (nSPS) is 10.6. The van der Waals surface area contributed by atoms with Gasteiger partial charge in [-0.2, -0.15) is 4.68 Å². The lowest BCUT2D eigenvalue weighted by Crippen LogP contribution is -2.23. The lowest BCUT2D eigenvalue weighted by Gasteiger charge is -2.04. The molecule has 0 aliphatic heterocycles. The number of benzene rings is 1. The Morgan fingerprint density at radius 2 is 2.23 bits per heavy atom. The average molecular weight is 334 g/mol. The highest BCUT2D eigenvalue weighted by Crippen LogP contribution is 2.18. The molecule has 0 atom stereocenters. The fraction of sp³-hybridized carbons (Fsp3) is 0.0714. The molecule has 3 rings (SSSR count). The molecular formula is C14H12ClN5OS. The summed E-state index contributed by atoms with van der Waals surface area (Å²) in [6.45, 7) is 0.431. The molecule has 6 nitrogen and oxygen atoms in total. The summed E-state index contributed by atoms with van der Waals surface area (Å²) < 4.78 is 1.38. The smallest absolute Gasteiger partial charge is 0.276 e. The van der Waals surface area contributed by atoms with Crippen LogP contribution in [0.3, 0.4) is 0 Å². The fourth-order valence-electron chi connectivity index (χ4n) is 1.91. The summed E-state index contributed by atoms with van der Waals surface area (Å²) in [6.07, 6.45) is 0. The summed E-state index contributed by atoms with van der Waals surface area (Å²) in [6, 6.07) is 10.9. The number of carbonyl (C=O) groups excluding carboxylic acids is 1. The molecule has 0 aliphatic rings. The van der Waals surface area contributed by atoms with E-state index in [0.717, 1.165) is 4.88 Å². The quantitative estimate of drug-likeness (QED) is 0.768. The molecule has 3 N–H and O–H groups in total. The fourth-order valence-corrected chi connectivity index (χ4v) is 2.74. The van der Waals surface area contributed by atoms with Crippen LogP contribution in [0.15, 0.2) is 41.8 Å². The molecule has 0 radical (unpaired) electrons. The third-order valence-corrected chi connectivity index (χ3v) is 4.09. The number of nitrogens with zero attached hydrogens (tertiary/aromatic N) is 3. The van der Waals surface area contributed by atoms with Crippen LogP contribution in [0.2, 0.25) is 5.02 Å². The molecule has 8 heteroatoms. The monoisotopic (exact) mass is 333 g/mol. The van der Waals surface area contributed by atoms with Crippen LogP contribution in [0.25, 0.3) is 5.69 Å². The third-order valence-electron chi connectivity index (χ3n) is 2.98. The number of aromatic nitrogens is 3. The second-order valence-corrected chi connectivity index (χ2v) is 5.95. The largest absolute Gasteiger partial charge is 0.382 e. The van der Waals surface area contributed by atoms with Gasteiger partial charge in [0, 0.05) is 9.90 Å². The number of rotatable bonds is 4. The van der Waals surface area contributed by atoms with Crippen molar-refractivity contribution in [1.29, 1.82) is 0 Å². The van der Waals surface area contributed by atoms with E-state index in [1.807, 2.05) is 17.5 Å². The van der Waals surface area contributed by atoms with Crippen molar-refractivity contribution >= 4 is 34.7 Å². The van der Waals surface area contributed by atoms with E-state index in [-0.39, 0.29) is 17.4 Å². The highest BCUT2D eigenvalue weighted by molar-refractivity contribution is 7.09. The third kappa shape index (κ3) is 2.95. The minimum Gasteiger partial charge on any atom is -0.382 e. The first kappa shape index (κ1) is 14.6. The van der Waals surface area contributed by atoms with E-state index < -0.39 is 0 Å². The first-order valence-electron chi connectivity index (χ1n) is 6.43. The number of hydrogen-bond donors (Lipinski definition) is 2. The van der Waals surface area contributed by atoms with Gasteiger partial charge in [-0.3, -0.25) is 4.79 Å². The summed E-state index contributed by atoms with van der Waals surface area (Å²) in [5, 5.41) is 13.0. The zero-order chi connectivity index (χ0) is 15.5. The number of nitrogen functional groups attached to an aromatic ring is 1. The molecule has 1 aromatic carbocycles. The van der Waals surface area contributed by atoms with E-state index in [1.165, 1.54) is 4.68 Å². The van der Waals surface area contributed by atoms with Crippen molar-refractivity contribution in [3.63, 3.8) is 0 Å². The van der Waals surface area contributed by atoms with Crippen molar-refractivity contribution in [2.45, 2.75) is 6.54 Å². The van der Waals surface area contributed by atoms with Crippen LogP contribution >= 0.6 is 22.9 Å². The van der Waals surface area contributed by atoms with Crippen molar-refractivity contribution in [1.82, 2.24) is 20.3 Å². The Bertz CT molecular complexity index is 799. The van der Waals surface area contributed by atoms with Crippen LogP contribution in [-0.4, -0.2) is 20.9 Å². The number of amides is 1. The summed E-state index contributed by atoms with van der Waals surface area (Å²) >= 11 is 7.51. The molecule has 0 unspecified atom stereocenters. The molecule has 0 spiro atoms. The Morgan fingerprint density at radius 1 is 1.36 bits per heavy atom. The zero-order valence-corrected chi connectivity index (χ0v) is 12.9. The molecule has 1 amide bonds. The number of hydrogen-bond acceptors (Lipinski definition) is 5. The van der Waals surface area contributed by atoms with Crippen molar-refractivity contribution in [2.75, 3.05) is 5.73 Å². The van der Waals surface area contributed by atoms with Crippen LogP contribution < -0.4 is 11.1 Å². The Labute approximate surface area is 135 Å². The number of carbonyl (C=O) groups is 1. The maximum Gasteiger partial charge on any atom is 0.276 e. The van der Waals surface area contributed by atoms with E-state index in [0.29, 0.717) is 17.3 Å². The van der Waals surface area contributed by atoms with Gasteiger partial charge in [0.1, 0.15) is 0 Å². The van der Waals surface area contributed by atoms with Crippen LogP contribution in [0.4, 0.5) is 5.82 Å². The van der Waals surface area contributed by atoms with E-state index in [4.69, 9.17) is 17.3 Å². The van der Waals surface area contributed by atoms with Crippen LogP contribution in [0.5, 0.6) is 0 Å². The Morgan fingerprint density at radius 3 is 2.95 bits per heavy atom. The molecular weight excluding hydrogens is 322 g/mol. The number of thiophene rings is 1. The van der Waals surface area contributed by atoms with Crippen molar-refractivity contribution < 1.29 is 4.79 Å². The van der Waals surface area contributed by atoms with Gasteiger partial charge in [0.15, 0.2) is 11.5 Å². The first-order chi connectivity index (χ1) is 10.6. The minimum atomic E-state index is -0.362. The predicted molar refractivity (Wildman–Crippen MR) is 86.3 cm³/mol. The van der Waals surface area contributed by atoms with E-state index in [2.05, 4.69) is 15.6 Å². The summed E-state index contributed by atoms with van der Waals surface area (Å²) in [4.78, 5) is 13.2. The van der Waals surface area contributed by atoms with Gasteiger partial charge in [0.25, 0.3) is 5.91 Å². The van der Waals surface area contributed by atoms with Gasteiger partial charge in [0.2, 0.25) is 0 Å². The van der Waals surface area contributed by atoms with Gasteiger partial charge in [0.05, 0.1) is 12.2 Å². The topological polar surface area (TPSA) is 85.8 Å². The van der Waals surface area contributed by atoms with Crippen molar-refractivity contribution in [3.8, 4) is 5.69 Å². The highest BCUT2D eigenvalue weighted by Gasteiger charge is 2.18. The van der Waals surface area contributed by atoms with Gasteiger partial charge in [-0.1, -0.05) is 28.9 Å². The number of halogens is 1. The first-order valence-corrected chi connectivity index (χ1v) is 7.68. The van der Waals surface area contributed by atoms with Gasteiger partial charge in [-0.05, 0) is 29.6 Å². The maximum absolute atomic E-state index is 12.1. The lowest BCUT2D eigenvalue weighted by molar-refractivity contribution is 0.0947. The predicted octanol–water partition coefficient (Wildman–Crippen LogP) is 2.49. The highest BCUT2D eigenvalue weighted by atomic mass is 35.5. The summed E-state index contributed by atoms with van der Waals surface area (Å²) in [5.74, 6) is -0.190. The van der Waals surface area contributed by atoms with E-state index in [9.17, 15) is 4.79 Å². The molecule has 22 heavy (non-hydrogen) atoms. The Hall–Kier alpha value is -2.38. The Balaban J connectivity index is 1.79. The number of nitrogens with one attached hydrogen (secondary N) is 1. The van der Waals surface area contributed by atoms with Gasteiger partial charge in [-0.25, -0.2) is 0 Å². The summed E-state index contributed by atoms with van der Waals surface area (Å²) in [7, 11) is 0. The minimum absolute atomic E-state index is 0.0940.